The topological polar surface area (TPSA) is 89.8 Å². The van der Waals surface area contributed by atoms with Crippen LogP contribution in [0, 0.1) is 11.6 Å². The number of nitrogens with zero attached hydrogens (tertiary/aromatic N) is 2. The zero-order valence-corrected chi connectivity index (χ0v) is 22.8. The van der Waals surface area contributed by atoms with Crippen LogP contribution in [0.1, 0.15) is 30.9 Å². The van der Waals surface area contributed by atoms with Crippen LogP contribution in [0.15, 0.2) is 69.9 Å². The fraction of sp³-hybridized carbons (Fsp3) is 0.333. The number of aromatic amines is 1. The standard InChI is InChI=1S/C28H29F2N3O2.C2HF3O2/c1-2-33-13-3-4-24(33)18-32(16-19-5-9-23(29)10-6-19)17-22-14-20(7-11-25(22)30)21-8-12-26-27(15-21)35-28(34)31-26;3-2(4,5)1(6)7/h5-12,14-15,24H,2-4,13,16-18H2,1H3,(H,31,34);(H,6,7)/t24-;/m1./s1. The summed E-state index contributed by atoms with van der Waals surface area (Å²) < 4.78 is 65.4. The molecule has 0 aliphatic carbocycles. The second kappa shape index (κ2) is 13.3. The summed E-state index contributed by atoms with van der Waals surface area (Å²) in [5, 5.41) is 7.12. The highest BCUT2D eigenvalue weighted by atomic mass is 19.4. The molecule has 3 aromatic carbocycles. The molecule has 12 heteroatoms. The van der Waals surface area contributed by atoms with Crippen molar-refractivity contribution in [2.75, 3.05) is 19.6 Å². The van der Waals surface area contributed by atoms with E-state index in [-0.39, 0.29) is 11.6 Å². The number of nitrogens with one attached hydrogen (secondary N) is 1. The number of halogens is 5. The molecule has 1 aliphatic heterocycles. The summed E-state index contributed by atoms with van der Waals surface area (Å²) in [6, 6.07) is 17.5. The fourth-order valence-corrected chi connectivity index (χ4v) is 5.09. The molecule has 2 heterocycles. The molecule has 0 saturated carbocycles. The van der Waals surface area contributed by atoms with Gasteiger partial charge in [-0.2, -0.15) is 13.2 Å². The Balaban J connectivity index is 0.000000517. The predicted molar refractivity (Wildman–Crippen MR) is 147 cm³/mol. The van der Waals surface area contributed by atoms with E-state index in [0.29, 0.717) is 35.8 Å². The van der Waals surface area contributed by atoms with Crippen LogP contribution in [0.2, 0.25) is 0 Å². The lowest BCUT2D eigenvalue weighted by Crippen LogP contribution is -2.39. The van der Waals surface area contributed by atoms with Gasteiger partial charge >= 0.3 is 17.9 Å². The first kappa shape index (κ1) is 30.9. The number of likely N-dealkylation sites (N-methyl/N-ethyl adjacent to an activating group) is 1. The first-order chi connectivity index (χ1) is 19.9. The van der Waals surface area contributed by atoms with Gasteiger partial charge in [0.1, 0.15) is 11.6 Å². The molecule has 1 fully saturated rings. The summed E-state index contributed by atoms with van der Waals surface area (Å²) in [7, 11) is 0. The van der Waals surface area contributed by atoms with Crippen LogP contribution in [-0.4, -0.2) is 57.7 Å². The van der Waals surface area contributed by atoms with Crippen molar-refractivity contribution in [2.45, 2.75) is 45.1 Å². The van der Waals surface area contributed by atoms with Gasteiger partial charge in [0.15, 0.2) is 5.58 Å². The molecular weight excluding hydrogens is 561 g/mol. The van der Waals surface area contributed by atoms with E-state index in [2.05, 4.69) is 21.7 Å². The Morgan fingerprint density at radius 2 is 1.71 bits per heavy atom. The Labute approximate surface area is 238 Å². The Kier molecular flexibility index (Phi) is 9.79. The molecule has 0 unspecified atom stereocenters. The number of hydrogen-bond acceptors (Lipinski definition) is 5. The molecule has 0 spiro atoms. The molecule has 1 atom stereocenters. The van der Waals surface area contributed by atoms with Crippen LogP contribution in [0.5, 0.6) is 0 Å². The van der Waals surface area contributed by atoms with Crippen molar-refractivity contribution in [3.63, 3.8) is 0 Å². The molecule has 42 heavy (non-hydrogen) atoms. The number of oxazole rings is 1. The Morgan fingerprint density at radius 1 is 1.05 bits per heavy atom. The van der Waals surface area contributed by atoms with Crippen molar-refractivity contribution in [2.24, 2.45) is 0 Å². The van der Waals surface area contributed by atoms with Gasteiger partial charge in [-0.25, -0.2) is 18.4 Å². The van der Waals surface area contributed by atoms with E-state index in [1.807, 2.05) is 12.1 Å². The number of likely N-dealkylation sites (tertiary alicyclic amines) is 1. The van der Waals surface area contributed by atoms with Crippen LogP contribution in [-0.2, 0) is 17.9 Å². The van der Waals surface area contributed by atoms with Gasteiger partial charge in [-0.3, -0.25) is 14.8 Å². The minimum absolute atomic E-state index is 0.258. The zero-order valence-electron chi connectivity index (χ0n) is 22.8. The van der Waals surface area contributed by atoms with E-state index < -0.39 is 17.9 Å². The highest BCUT2D eigenvalue weighted by molar-refractivity contribution is 5.80. The third kappa shape index (κ3) is 8.04. The van der Waals surface area contributed by atoms with E-state index in [0.717, 1.165) is 42.7 Å². The SMILES string of the molecule is CCN1CCC[C@@H]1CN(Cc1ccc(F)cc1)Cc1cc(-c2ccc3[nH]c(=O)oc3c2)ccc1F.O=C(O)C(F)(F)F. The smallest absolute Gasteiger partial charge is 0.475 e. The lowest BCUT2D eigenvalue weighted by molar-refractivity contribution is -0.192. The van der Waals surface area contributed by atoms with Crippen LogP contribution in [0.4, 0.5) is 22.0 Å². The first-order valence-corrected chi connectivity index (χ1v) is 13.4. The van der Waals surface area contributed by atoms with Crippen molar-refractivity contribution in [1.29, 1.82) is 0 Å². The lowest BCUT2D eigenvalue weighted by atomic mass is 10.0. The molecule has 0 radical (unpaired) electrons. The monoisotopic (exact) mass is 591 g/mol. The number of rotatable bonds is 8. The van der Waals surface area contributed by atoms with Crippen LogP contribution < -0.4 is 5.76 Å². The Morgan fingerprint density at radius 3 is 2.38 bits per heavy atom. The Bertz CT molecular complexity index is 1570. The van der Waals surface area contributed by atoms with Gasteiger partial charge in [0.2, 0.25) is 0 Å². The normalized spacial score (nSPS) is 15.6. The Hall–Kier alpha value is -4.03. The average Bonchev–Trinajstić information content (AvgIpc) is 3.55. The fourth-order valence-electron chi connectivity index (χ4n) is 5.09. The predicted octanol–water partition coefficient (Wildman–Crippen LogP) is 6.19. The highest BCUT2D eigenvalue weighted by Crippen LogP contribution is 2.27. The van der Waals surface area contributed by atoms with Crippen molar-refractivity contribution >= 4 is 17.1 Å². The van der Waals surface area contributed by atoms with Gasteiger partial charge in [-0.05, 0) is 79.0 Å². The van der Waals surface area contributed by atoms with Gasteiger partial charge in [-0.15, -0.1) is 0 Å². The second-order valence-corrected chi connectivity index (χ2v) is 10.1. The summed E-state index contributed by atoms with van der Waals surface area (Å²) in [5.41, 5.74) is 4.39. The molecule has 0 bridgehead atoms. The largest absolute Gasteiger partial charge is 0.490 e. The number of alkyl halides is 3. The van der Waals surface area contributed by atoms with Crippen LogP contribution >= 0.6 is 0 Å². The maximum Gasteiger partial charge on any atom is 0.490 e. The van der Waals surface area contributed by atoms with E-state index >= 15 is 0 Å². The van der Waals surface area contributed by atoms with Crippen LogP contribution in [0.25, 0.3) is 22.2 Å². The van der Waals surface area contributed by atoms with Crippen molar-refractivity contribution in [3.8, 4) is 11.1 Å². The third-order valence-electron chi connectivity index (χ3n) is 7.13. The van der Waals surface area contributed by atoms with Gasteiger partial charge < -0.3 is 9.52 Å². The second-order valence-electron chi connectivity index (χ2n) is 10.1. The van der Waals surface area contributed by atoms with Gasteiger partial charge in [-0.1, -0.05) is 31.2 Å². The number of benzene rings is 3. The van der Waals surface area contributed by atoms with Crippen molar-refractivity contribution in [1.82, 2.24) is 14.8 Å². The average molecular weight is 592 g/mol. The van der Waals surface area contributed by atoms with Crippen molar-refractivity contribution in [3.05, 3.63) is 94.0 Å². The number of H-pyrrole nitrogens is 1. The van der Waals surface area contributed by atoms with Crippen molar-refractivity contribution < 1.29 is 36.3 Å². The van der Waals surface area contributed by atoms with Gasteiger partial charge in [0, 0.05) is 31.2 Å². The summed E-state index contributed by atoms with van der Waals surface area (Å²) in [4.78, 5) is 27.8. The molecule has 5 rings (SSSR count). The summed E-state index contributed by atoms with van der Waals surface area (Å²) in [6.45, 7) is 6.12. The molecular formula is C30H30F5N3O4. The third-order valence-corrected chi connectivity index (χ3v) is 7.13. The highest BCUT2D eigenvalue weighted by Gasteiger charge is 2.38. The zero-order chi connectivity index (χ0) is 30.4. The maximum atomic E-state index is 15.0. The maximum absolute atomic E-state index is 15.0. The number of carbonyl (C=O) groups is 1. The van der Waals surface area contributed by atoms with E-state index in [4.69, 9.17) is 14.3 Å². The molecule has 1 aromatic heterocycles. The lowest BCUT2D eigenvalue weighted by Gasteiger charge is -2.30. The number of hydrogen-bond donors (Lipinski definition) is 2. The molecule has 1 aliphatic rings. The molecule has 7 nitrogen and oxygen atoms in total. The van der Waals surface area contributed by atoms with E-state index in [1.165, 1.54) is 24.6 Å². The molecule has 224 valence electrons. The number of carboxylic acid groups (broad SMARTS) is 1. The van der Waals surface area contributed by atoms with Gasteiger partial charge in [0.25, 0.3) is 0 Å². The first-order valence-electron chi connectivity index (χ1n) is 13.4. The molecule has 4 aromatic rings. The number of aliphatic carboxylic acids is 1. The van der Waals surface area contributed by atoms with E-state index in [9.17, 15) is 26.7 Å². The molecule has 1 saturated heterocycles. The van der Waals surface area contributed by atoms with Gasteiger partial charge in [0.05, 0.1) is 5.52 Å². The summed E-state index contributed by atoms with van der Waals surface area (Å²) >= 11 is 0. The molecule has 0 amide bonds. The molecule has 2 N–H and O–H groups in total. The number of carboxylic acids is 1. The number of aromatic nitrogens is 1. The minimum Gasteiger partial charge on any atom is -0.475 e. The number of fused-ring (bicyclic) bond motifs is 1. The quantitative estimate of drug-likeness (QED) is 0.238. The summed E-state index contributed by atoms with van der Waals surface area (Å²) in [5.74, 6) is -3.78. The van der Waals surface area contributed by atoms with E-state index in [1.54, 1.807) is 30.3 Å². The minimum atomic E-state index is -5.08. The van der Waals surface area contributed by atoms with Crippen LogP contribution in [0.3, 0.4) is 0 Å². The summed E-state index contributed by atoms with van der Waals surface area (Å²) in [6.07, 6.45) is -2.79.